The van der Waals surface area contributed by atoms with Gasteiger partial charge in [-0.25, -0.2) is 9.50 Å². The van der Waals surface area contributed by atoms with Crippen molar-refractivity contribution in [3.63, 3.8) is 0 Å². The molecule has 6 aromatic rings. The molecule has 0 fully saturated rings. The lowest BCUT2D eigenvalue weighted by atomic mass is 10.0. The van der Waals surface area contributed by atoms with Crippen molar-refractivity contribution in [2.45, 2.75) is 19.1 Å². The smallest absolute Gasteiger partial charge is 0.272 e. The van der Waals surface area contributed by atoms with Crippen molar-refractivity contribution < 1.29 is 9.53 Å². The quantitative estimate of drug-likeness (QED) is 0.263. The van der Waals surface area contributed by atoms with Crippen molar-refractivity contribution >= 4 is 23.2 Å². The number of amides is 1. The lowest BCUT2D eigenvalue weighted by Gasteiger charge is -2.15. The summed E-state index contributed by atoms with van der Waals surface area (Å²) in [7, 11) is 0. The molecule has 3 aromatic heterocycles. The van der Waals surface area contributed by atoms with Crippen LogP contribution in [0.4, 0.5) is 0 Å². The molecule has 10 nitrogen and oxygen atoms in total. The maximum Gasteiger partial charge on any atom is 0.272 e. The summed E-state index contributed by atoms with van der Waals surface area (Å²) in [5.41, 5.74) is 4.46. The van der Waals surface area contributed by atoms with Crippen LogP contribution in [0, 0.1) is 0 Å². The summed E-state index contributed by atoms with van der Waals surface area (Å²) >= 11 is 6.00. The molecule has 40 heavy (non-hydrogen) atoms. The van der Waals surface area contributed by atoms with Crippen LogP contribution in [-0.2, 0) is 13.0 Å². The Morgan fingerprint density at radius 2 is 1.75 bits per heavy atom. The Morgan fingerprint density at radius 3 is 2.50 bits per heavy atom. The fourth-order valence-electron chi connectivity index (χ4n) is 4.22. The van der Waals surface area contributed by atoms with Gasteiger partial charge in [-0.1, -0.05) is 71.4 Å². The van der Waals surface area contributed by atoms with Crippen LogP contribution in [0.3, 0.4) is 0 Å². The van der Waals surface area contributed by atoms with E-state index in [1.54, 1.807) is 22.8 Å². The number of rotatable bonds is 9. The second kappa shape index (κ2) is 11.3. The predicted molar refractivity (Wildman–Crippen MR) is 149 cm³/mol. The second-order valence-electron chi connectivity index (χ2n) is 9.07. The molecule has 0 aliphatic rings. The van der Waals surface area contributed by atoms with Gasteiger partial charge in [0.05, 0.1) is 17.9 Å². The molecular weight excluding hydrogens is 528 g/mol. The molecule has 1 unspecified atom stereocenters. The number of aromatic nitrogens is 7. The molecule has 2 N–H and O–H groups in total. The largest absolute Gasteiger partial charge is 0.489 e. The fraction of sp³-hybridized carbons (Fsp3) is 0.103. The minimum absolute atomic E-state index is 0.221. The van der Waals surface area contributed by atoms with Gasteiger partial charge < -0.3 is 10.1 Å². The summed E-state index contributed by atoms with van der Waals surface area (Å²) < 4.78 is 7.47. The number of benzene rings is 3. The summed E-state index contributed by atoms with van der Waals surface area (Å²) in [6, 6.07) is 28.2. The van der Waals surface area contributed by atoms with Crippen LogP contribution >= 0.6 is 11.6 Å². The van der Waals surface area contributed by atoms with Gasteiger partial charge in [0.2, 0.25) is 0 Å². The number of hydrogen-bond acceptors (Lipinski definition) is 7. The van der Waals surface area contributed by atoms with E-state index in [4.69, 9.17) is 16.3 Å². The zero-order valence-electron chi connectivity index (χ0n) is 21.1. The number of tetrazole rings is 1. The van der Waals surface area contributed by atoms with Gasteiger partial charge in [-0.2, -0.15) is 10.3 Å². The summed E-state index contributed by atoms with van der Waals surface area (Å²) in [5, 5.41) is 22.6. The van der Waals surface area contributed by atoms with Crippen LogP contribution < -0.4 is 10.1 Å². The van der Waals surface area contributed by atoms with Crippen molar-refractivity contribution in [1.82, 2.24) is 40.5 Å². The van der Waals surface area contributed by atoms with E-state index in [2.05, 4.69) is 36.0 Å². The second-order valence-corrected chi connectivity index (χ2v) is 9.51. The number of imidazole rings is 1. The van der Waals surface area contributed by atoms with Crippen LogP contribution in [0.2, 0.25) is 5.02 Å². The predicted octanol–water partition coefficient (Wildman–Crippen LogP) is 4.86. The molecule has 0 spiro atoms. The van der Waals surface area contributed by atoms with E-state index in [0.29, 0.717) is 29.5 Å². The maximum atomic E-state index is 13.2. The molecule has 198 valence electrons. The van der Waals surface area contributed by atoms with Crippen molar-refractivity contribution in [2.75, 3.05) is 0 Å². The van der Waals surface area contributed by atoms with Gasteiger partial charge in [0, 0.05) is 17.0 Å². The highest BCUT2D eigenvalue weighted by Gasteiger charge is 2.22. The third-order valence-corrected chi connectivity index (χ3v) is 6.53. The Morgan fingerprint density at radius 1 is 0.950 bits per heavy atom. The third kappa shape index (κ3) is 5.82. The molecule has 0 aliphatic heterocycles. The minimum atomic E-state index is -0.537. The Bertz CT molecular complexity index is 1720. The van der Waals surface area contributed by atoms with Crippen LogP contribution in [0.1, 0.15) is 33.5 Å². The van der Waals surface area contributed by atoms with Crippen molar-refractivity contribution in [3.8, 4) is 17.0 Å². The number of carbonyl (C=O) groups is 1. The summed E-state index contributed by atoms with van der Waals surface area (Å²) in [4.78, 5) is 17.7. The fourth-order valence-corrected chi connectivity index (χ4v) is 4.35. The summed E-state index contributed by atoms with van der Waals surface area (Å²) in [5.74, 6) is 0.740. The maximum absolute atomic E-state index is 13.2. The normalized spacial score (nSPS) is 11.8. The van der Waals surface area contributed by atoms with E-state index < -0.39 is 6.04 Å². The van der Waals surface area contributed by atoms with Crippen LogP contribution in [0.25, 0.3) is 16.9 Å². The monoisotopic (exact) mass is 550 g/mol. The Kier molecular flexibility index (Phi) is 7.14. The van der Waals surface area contributed by atoms with E-state index in [9.17, 15) is 4.79 Å². The third-order valence-electron chi connectivity index (χ3n) is 6.28. The molecule has 11 heteroatoms. The molecule has 1 atom stereocenters. The van der Waals surface area contributed by atoms with Crippen molar-refractivity contribution in [2.24, 2.45) is 0 Å². The molecule has 0 saturated carbocycles. The van der Waals surface area contributed by atoms with Crippen molar-refractivity contribution in [1.29, 1.82) is 0 Å². The molecule has 3 heterocycles. The first-order valence-electron chi connectivity index (χ1n) is 12.5. The molecule has 6 rings (SSSR count). The van der Waals surface area contributed by atoms with Crippen LogP contribution in [-0.4, -0.2) is 41.1 Å². The number of fused-ring (bicyclic) bond motifs is 1. The highest BCUT2D eigenvalue weighted by atomic mass is 35.5. The van der Waals surface area contributed by atoms with E-state index in [1.807, 2.05) is 78.9 Å². The van der Waals surface area contributed by atoms with E-state index >= 15 is 0 Å². The molecule has 0 bridgehead atoms. The van der Waals surface area contributed by atoms with Gasteiger partial charge >= 0.3 is 0 Å². The van der Waals surface area contributed by atoms with Crippen molar-refractivity contribution in [3.05, 3.63) is 125 Å². The highest BCUT2D eigenvalue weighted by Crippen LogP contribution is 2.22. The van der Waals surface area contributed by atoms with E-state index in [0.717, 1.165) is 28.1 Å². The number of ether oxygens (including phenoxy) is 1. The van der Waals surface area contributed by atoms with E-state index in [-0.39, 0.29) is 11.6 Å². The zero-order valence-corrected chi connectivity index (χ0v) is 21.9. The Balaban J connectivity index is 1.16. The number of nitrogens with one attached hydrogen (secondary N) is 2. The standard InChI is InChI=1S/C29H23ClN8O2/c30-22-10-8-21(9-11-22)24-14-15-27-31-26(17-38(27)35-24)29(39)32-25(28-33-36-37-34-28)16-19-6-12-23(13-7-19)40-18-20-4-2-1-3-5-20/h1-15,17,25H,16,18H2,(H,32,39)(H,33,34,36,37). The average Bonchev–Trinajstić information content (AvgIpc) is 3.68. The molecular formula is C29H23ClN8O2. The lowest BCUT2D eigenvalue weighted by molar-refractivity contribution is 0.0930. The van der Waals surface area contributed by atoms with Crippen LogP contribution in [0.5, 0.6) is 5.75 Å². The van der Waals surface area contributed by atoms with Gasteiger partial charge in [0.25, 0.3) is 5.91 Å². The number of aromatic amines is 1. The summed E-state index contributed by atoms with van der Waals surface area (Å²) in [6.45, 7) is 0.483. The Labute approximate surface area is 234 Å². The Hall–Kier alpha value is -5.09. The average molecular weight is 551 g/mol. The number of hydrogen-bond donors (Lipinski definition) is 2. The highest BCUT2D eigenvalue weighted by molar-refractivity contribution is 6.30. The molecule has 1 amide bonds. The van der Waals surface area contributed by atoms with Gasteiger partial charge in [-0.3, -0.25) is 4.79 Å². The molecule has 0 aliphatic carbocycles. The number of H-pyrrole nitrogens is 1. The topological polar surface area (TPSA) is 123 Å². The molecule has 3 aromatic carbocycles. The number of nitrogens with zero attached hydrogens (tertiary/aromatic N) is 6. The first-order chi connectivity index (χ1) is 19.6. The van der Waals surface area contributed by atoms with Gasteiger partial charge in [-0.05, 0) is 47.5 Å². The first kappa shape index (κ1) is 25.2. The summed E-state index contributed by atoms with van der Waals surface area (Å²) in [6.07, 6.45) is 2.03. The van der Waals surface area contributed by atoms with Gasteiger partial charge in [-0.15, -0.1) is 10.2 Å². The number of carbonyl (C=O) groups excluding carboxylic acids is 1. The first-order valence-corrected chi connectivity index (χ1v) is 12.9. The van der Waals surface area contributed by atoms with Gasteiger partial charge in [0.1, 0.15) is 18.1 Å². The molecule has 0 radical (unpaired) electrons. The number of halogens is 1. The molecule has 0 saturated heterocycles. The SMILES string of the molecule is O=C(NC(Cc1ccc(OCc2ccccc2)cc1)c1nn[nH]n1)c1cn2nc(-c3ccc(Cl)cc3)ccc2n1. The minimum Gasteiger partial charge on any atom is -0.489 e. The lowest BCUT2D eigenvalue weighted by Crippen LogP contribution is -2.31. The van der Waals surface area contributed by atoms with Gasteiger partial charge in [0.15, 0.2) is 11.5 Å². The zero-order chi connectivity index (χ0) is 27.3. The van der Waals surface area contributed by atoms with E-state index in [1.165, 1.54) is 0 Å². The van der Waals surface area contributed by atoms with Crippen LogP contribution in [0.15, 0.2) is 97.2 Å².